The summed E-state index contributed by atoms with van der Waals surface area (Å²) in [5.74, 6) is 1.15. The van der Waals surface area contributed by atoms with Crippen LogP contribution in [-0.4, -0.2) is 0 Å². The van der Waals surface area contributed by atoms with Crippen molar-refractivity contribution in [2.24, 2.45) is 5.92 Å². The maximum atomic E-state index is 4.16. The molecule has 2 aromatic rings. The highest BCUT2D eigenvalue weighted by Crippen LogP contribution is 2.16. The molecule has 0 aliphatic rings. The Morgan fingerprint density at radius 2 is 1.58 bits per heavy atom. The fourth-order valence-corrected chi connectivity index (χ4v) is 2.43. The van der Waals surface area contributed by atoms with E-state index in [9.17, 15) is 0 Å². The Kier molecular flexibility index (Phi) is 6.43. The normalized spacial score (nSPS) is 11.4. The summed E-state index contributed by atoms with van der Waals surface area (Å²) in [7, 11) is 0. The number of nitrogens with one attached hydrogen (secondary N) is 1. The van der Waals surface area contributed by atoms with E-state index >= 15 is 0 Å². The highest BCUT2D eigenvalue weighted by Gasteiger charge is 2.01. The topological polar surface area (TPSA) is 12.0 Å². The lowest BCUT2D eigenvalue weighted by molar-refractivity contribution is 0.836. The van der Waals surface area contributed by atoms with Gasteiger partial charge in [0.05, 0.1) is 0 Å². The Bertz CT molecular complexity index is 673. The van der Waals surface area contributed by atoms with Crippen molar-refractivity contribution in [1.82, 2.24) is 5.32 Å². The zero-order valence-corrected chi connectivity index (χ0v) is 15.3. The van der Waals surface area contributed by atoms with Crippen LogP contribution in [0.1, 0.15) is 55.9 Å². The Balaban J connectivity index is 1.92. The number of rotatable bonds is 7. The molecule has 0 saturated carbocycles. The highest BCUT2D eigenvalue weighted by atomic mass is 14.9. The summed E-state index contributed by atoms with van der Waals surface area (Å²) in [5, 5.41) is 3.42. The van der Waals surface area contributed by atoms with Gasteiger partial charge in [-0.25, -0.2) is 0 Å². The molecule has 0 saturated heterocycles. The van der Waals surface area contributed by atoms with Crippen LogP contribution >= 0.6 is 0 Å². The average molecular weight is 319 g/mol. The van der Waals surface area contributed by atoms with Gasteiger partial charge in [0.15, 0.2) is 0 Å². The van der Waals surface area contributed by atoms with Gasteiger partial charge in [0.1, 0.15) is 0 Å². The smallest absolute Gasteiger partial charge is 0.0400 e. The summed E-state index contributed by atoms with van der Waals surface area (Å²) < 4.78 is 0. The van der Waals surface area contributed by atoms with Gasteiger partial charge in [0, 0.05) is 12.2 Å². The molecule has 126 valence electrons. The van der Waals surface area contributed by atoms with Crippen molar-refractivity contribution in [2.45, 2.75) is 40.2 Å². The van der Waals surface area contributed by atoms with E-state index in [1.807, 2.05) is 0 Å². The second-order valence-corrected chi connectivity index (χ2v) is 6.95. The molecule has 24 heavy (non-hydrogen) atoms. The molecule has 0 aliphatic carbocycles. The average Bonchev–Trinajstić information content (AvgIpc) is 2.58. The van der Waals surface area contributed by atoms with Gasteiger partial charge in [-0.15, -0.1) is 0 Å². The lowest BCUT2D eigenvalue weighted by atomic mass is 10.0. The second kappa shape index (κ2) is 8.54. The van der Waals surface area contributed by atoms with Crippen molar-refractivity contribution in [2.75, 3.05) is 0 Å². The molecule has 0 aromatic heterocycles. The van der Waals surface area contributed by atoms with Gasteiger partial charge in [-0.3, -0.25) is 0 Å². The van der Waals surface area contributed by atoms with E-state index in [2.05, 4.69) is 100 Å². The fourth-order valence-electron chi connectivity index (χ4n) is 2.43. The standard InChI is InChI=1S/C23H29N/c1-17(2)6-7-20-8-14-23(15-9-20)19(5)24-16-21-10-12-22(13-11-21)18(3)4/h6-15,17-18,24H,5,16H2,1-4H3/b7-6+. The fraction of sp³-hybridized carbons (Fsp3) is 0.304. The zero-order valence-electron chi connectivity index (χ0n) is 15.3. The largest absolute Gasteiger partial charge is 0.381 e. The molecule has 0 spiro atoms. The van der Waals surface area contributed by atoms with Gasteiger partial charge in [-0.05, 0) is 34.1 Å². The molecule has 2 aromatic carbocycles. The van der Waals surface area contributed by atoms with E-state index in [1.54, 1.807) is 0 Å². The zero-order chi connectivity index (χ0) is 17.5. The van der Waals surface area contributed by atoms with E-state index < -0.39 is 0 Å². The van der Waals surface area contributed by atoms with Crippen molar-refractivity contribution in [3.63, 3.8) is 0 Å². The van der Waals surface area contributed by atoms with Crippen molar-refractivity contribution < 1.29 is 0 Å². The van der Waals surface area contributed by atoms with E-state index in [-0.39, 0.29) is 0 Å². The summed E-state index contributed by atoms with van der Waals surface area (Å²) in [4.78, 5) is 0. The number of hydrogen-bond acceptors (Lipinski definition) is 1. The molecule has 0 unspecified atom stereocenters. The molecule has 0 heterocycles. The molecule has 0 atom stereocenters. The third-order valence-electron chi connectivity index (χ3n) is 4.09. The summed E-state index contributed by atoms with van der Waals surface area (Å²) in [6.45, 7) is 13.8. The molecule has 1 nitrogen and oxygen atoms in total. The SMILES string of the molecule is C=C(NCc1ccc(C(C)C)cc1)c1ccc(/C=C/C(C)C)cc1. The first-order valence-corrected chi connectivity index (χ1v) is 8.76. The molecule has 0 fully saturated rings. The molecule has 2 rings (SSSR count). The van der Waals surface area contributed by atoms with Gasteiger partial charge >= 0.3 is 0 Å². The Morgan fingerprint density at radius 3 is 2.12 bits per heavy atom. The molecule has 1 heteroatoms. The van der Waals surface area contributed by atoms with Gasteiger partial charge < -0.3 is 5.32 Å². The summed E-state index contributed by atoms with van der Waals surface area (Å²) in [6, 6.07) is 17.3. The monoisotopic (exact) mass is 319 g/mol. The van der Waals surface area contributed by atoms with Crippen molar-refractivity contribution in [3.8, 4) is 0 Å². The lowest BCUT2D eigenvalue weighted by Gasteiger charge is -2.11. The van der Waals surface area contributed by atoms with E-state index in [0.717, 1.165) is 17.8 Å². The molecule has 0 bridgehead atoms. The van der Waals surface area contributed by atoms with Gasteiger partial charge in [-0.1, -0.05) is 95.0 Å². The van der Waals surface area contributed by atoms with Crippen molar-refractivity contribution in [1.29, 1.82) is 0 Å². The van der Waals surface area contributed by atoms with Crippen LogP contribution in [-0.2, 0) is 6.54 Å². The van der Waals surface area contributed by atoms with E-state index in [1.165, 1.54) is 16.7 Å². The van der Waals surface area contributed by atoms with Gasteiger partial charge in [-0.2, -0.15) is 0 Å². The third-order valence-corrected chi connectivity index (χ3v) is 4.09. The van der Waals surface area contributed by atoms with Crippen LogP contribution in [0, 0.1) is 5.92 Å². The number of hydrogen-bond donors (Lipinski definition) is 1. The second-order valence-electron chi connectivity index (χ2n) is 6.95. The summed E-state index contributed by atoms with van der Waals surface area (Å²) in [5.41, 5.74) is 5.97. The maximum Gasteiger partial charge on any atom is 0.0400 e. The quantitative estimate of drug-likeness (QED) is 0.637. The summed E-state index contributed by atoms with van der Waals surface area (Å²) >= 11 is 0. The minimum atomic E-state index is 0.573. The first kappa shape index (κ1) is 18.1. The van der Waals surface area contributed by atoms with Crippen molar-refractivity contribution in [3.05, 3.63) is 83.4 Å². The highest BCUT2D eigenvalue weighted by molar-refractivity contribution is 5.63. The molecular weight excluding hydrogens is 290 g/mol. The van der Waals surface area contributed by atoms with Crippen LogP contribution < -0.4 is 5.32 Å². The number of allylic oxidation sites excluding steroid dienone is 1. The first-order chi connectivity index (χ1) is 11.5. The minimum absolute atomic E-state index is 0.573. The van der Waals surface area contributed by atoms with E-state index in [4.69, 9.17) is 0 Å². The van der Waals surface area contributed by atoms with Crippen LogP contribution in [0.25, 0.3) is 11.8 Å². The Morgan fingerprint density at radius 1 is 0.958 bits per heavy atom. The Labute approximate surface area is 147 Å². The third kappa shape index (κ3) is 5.42. The van der Waals surface area contributed by atoms with Crippen LogP contribution in [0.2, 0.25) is 0 Å². The van der Waals surface area contributed by atoms with Gasteiger partial charge in [0.25, 0.3) is 0 Å². The van der Waals surface area contributed by atoms with Crippen molar-refractivity contribution >= 4 is 11.8 Å². The summed E-state index contributed by atoms with van der Waals surface area (Å²) in [6.07, 6.45) is 4.38. The molecular formula is C23H29N. The van der Waals surface area contributed by atoms with Crippen LogP contribution in [0.3, 0.4) is 0 Å². The predicted octanol–water partition coefficient (Wildman–Crippen LogP) is 6.24. The minimum Gasteiger partial charge on any atom is -0.381 e. The first-order valence-electron chi connectivity index (χ1n) is 8.76. The maximum absolute atomic E-state index is 4.16. The predicted molar refractivity (Wildman–Crippen MR) is 107 cm³/mol. The molecule has 0 radical (unpaired) electrons. The number of benzene rings is 2. The van der Waals surface area contributed by atoms with Crippen LogP contribution in [0.5, 0.6) is 0 Å². The van der Waals surface area contributed by atoms with Gasteiger partial charge in [0.2, 0.25) is 0 Å². The lowest BCUT2D eigenvalue weighted by Crippen LogP contribution is -2.10. The molecule has 0 amide bonds. The molecule has 0 aliphatic heterocycles. The molecule has 1 N–H and O–H groups in total. The van der Waals surface area contributed by atoms with E-state index in [0.29, 0.717) is 11.8 Å². The van der Waals surface area contributed by atoms with Crippen LogP contribution in [0.15, 0.2) is 61.2 Å². The Hall–Kier alpha value is -2.28. The van der Waals surface area contributed by atoms with Crippen LogP contribution in [0.4, 0.5) is 0 Å².